The predicted molar refractivity (Wildman–Crippen MR) is 65.1 cm³/mol. The maximum Gasteiger partial charge on any atom is 0.261 e. The van der Waals surface area contributed by atoms with Gasteiger partial charge in [0.2, 0.25) is 0 Å². The summed E-state index contributed by atoms with van der Waals surface area (Å²) in [5, 5.41) is 2.80. The summed E-state index contributed by atoms with van der Waals surface area (Å²) in [7, 11) is 0. The second-order valence-corrected chi connectivity index (χ2v) is 4.22. The lowest BCUT2D eigenvalue weighted by atomic mass is 10.1. The van der Waals surface area contributed by atoms with E-state index in [9.17, 15) is 4.79 Å². The first-order chi connectivity index (χ1) is 8.83. The number of nitrogens with one attached hydrogen (secondary N) is 1. The third kappa shape index (κ3) is 2.09. The SMILES string of the molecule is O=C(NCc1ccco1)C1Cc2ccccc2O1. The lowest BCUT2D eigenvalue weighted by Crippen LogP contribution is -2.36. The van der Waals surface area contributed by atoms with Gasteiger partial charge in [0.1, 0.15) is 11.5 Å². The molecule has 1 amide bonds. The van der Waals surface area contributed by atoms with Crippen molar-refractivity contribution in [3.63, 3.8) is 0 Å². The summed E-state index contributed by atoms with van der Waals surface area (Å²) < 4.78 is 10.7. The van der Waals surface area contributed by atoms with E-state index in [1.807, 2.05) is 30.3 Å². The Labute approximate surface area is 105 Å². The van der Waals surface area contributed by atoms with Crippen LogP contribution in [0, 0.1) is 0 Å². The molecule has 0 saturated heterocycles. The van der Waals surface area contributed by atoms with Crippen LogP contribution in [-0.4, -0.2) is 12.0 Å². The van der Waals surface area contributed by atoms with Crippen LogP contribution in [0.2, 0.25) is 0 Å². The Hall–Kier alpha value is -2.23. The first-order valence-corrected chi connectivity index (χ1v) is 5.87. The average Bonchev–Trinajstić information content (AvgIpc) is 3.04. The van der Waals surface area contributed by atoms with Crippen LogP contribution in [0.1, 0.15) is 11.3 Å². The molecule has 92 valence electrons. The van der Waals surface area contributed by atoms with Crippen molar-refractivity contribution in [3.8, 4) is 5.75 Å². The third-order valence-electron chi connectivity index (χ3n) is 2.96. The van der Waals surface area contributed by atoms with Crippen LogP contribution in [0.15, 0.2) is 47.1 Å². The van der Waals surface area contributed by atoms with Crippen molar-refractivity contribution in [3.05, 3.63) is 54.0 Å². The fraction of sp³-hybridized carbons (Fsp3) is 0.214. The number of fused-ring (bicyclic) bond motifs is 1. The van der Waals surface area contributed by atoms with E-state index in [-0.39, 0.29) is 5.91 Å². The van der Waals surface area contributed by atoms with Crippen LogP contribution in [0.3, 0.4) is 0 Å². The molecule has 1 aliphatic rings. The van der Waals surface area contributed by atoms with E-state index < -0.39 is 6.10 Å². The van der Waals surface area contributed by atoms with Gasteiger partial charge in [-0.15, -0.1) is 0 Å². The minimum atomic E-state index is -0.433. The molecule has 0 saturated carbocycles. The van der Waals surface area contributed by atoms with E-state index in [2.05, 4.69) is 5.32 Å². The summed E-state index contributed by atoms with van der Waals surface area (Å²) in [5.74, 6) is 1.43. The molecular formula is C14H13NO3. The van der Waals surface area contributed by atoms with Gasteiger partial charge in [-0.2, -0.15) is 0 Å². The van der Waals surface area contributed by atoms with E-state index in [1.54, 1.807) is 12.3 Å². The van der Waals surface area contributed by atoms with Gasteiger partial charge in [-0.05, 0) is 23.8 Å². The fourth-order valence-electron chi connectivity index (χ4n) is 2.03. The first kappa shape index (κ1) is 10.9. The van der Waals surface area contributed by atoms with E-state index in [0.717, 1.165) is 17.1 Å². The molecule has 1 N–H and O–H groups in total. The number of para-hydroxylation sites is 1. The number of carbonyl (C=O) groups excluding carboxylic acids is 1. The largest absolute Gasteiger partial charge is 0.480 e. The number of carbonyl (C=O) groups is 1. The summed E-state index contributed by atoms with van der Waals surface area (Å²) in [6.07, 6.45) is 1.78. The van der Waals surface area contributed by atoms with Gasteiger partial charge in [-0.3, -0.25) is 4.79 Å². The number of hydrogen-bond donors (Lipinski definition) is 1. The van der Waals surface area contributed by atoms with Crippen LogP contribution < -0.4 is 10.1 Å². The van der Waals surface area contributed by atoms with Crippen LogP contribution in [0.5, 0.6) is 5.75 Å². The molecule has 1 unspecified atom stereocenters. The standard InChI is InChI=1S/C14H13NO3/c16-14(15-9-11-5-3-7-17-11)13-8-10-4-1-2-6-12(10)18-13/h1-7,13H,8-9H2,(H,15,16). The topological polar surface area (TPSA) is 51.5 Å². The van der Waals surface area contributed by atoms with Gasteiger partial charge in [-0.25, -0.2) is 0 Å². The molecule has 2 aromatic rings. The van der Waals surface area contributed by atoms with Crippen molar-refractivity contribution < 1.29 is 13.9 Å². The summed E-state index contributed by atoms with van der Waals surface area (Å²) >= 11 is 0. The second kappa shape index (κ2) is 4.56. The highest BCUT2D eigenvalue weighted by atomic mass is 16.5. The molecule has 1 aromatic heterocycles. The van der Waals surface area contributed by atoms with Gasteiger partial charge in [0.15, 0.2) is 6.10 Å². The highest BCUT2D eigenvalue weighted by Gasteiger charge is 2.28. The molecule has 0 radical (unpaired) electrons. The molecule has 1 aromatic carbocycles. The van der Waals surface area contributed by atoms with Gasteiger partial charge in [0.25, 0.3) is 5.91 Å². The Kier molecular flexibility index (Phi) is 2.76. The predicted octanol–water partition coefficient (Wildman–Crippen LogP) is 1.90. The van der Waals surface area contributed by atoms with Gasteiger partial charge in [-0.1, -0.05) is 18.2 Å². The molecule has 2 heterocycles. The Bertz CT molecular complexity index is 523. The monoisotopic (exact) mass is 243 g/mol. The van der Waals surface area contributed by atoms with Crippen molar-refractivity contribution >= 4 is 5.91 Å². The van der Waals surface area contributed by atoms with E-state index in [1.165, 1.54) is 0 Å². The molecule has 0 fully saturated rings. The normalized spacial score (nSPS) is 17.0. The number of rotatable bonds is 3. The molecule has 1 aliphatic heterocycles. The summed E-state index contributed by atoms with van der Waals surface area (Å²) in [6.45, 7) is 0.391. The quantitative estimate of drug-likeness (QED) is 0.895. The zero-order chi connectivity index (χ0) is 12.4. The fourth-order valence-corrected chi connectivity index (χ4v) is 2.03. The Balaban J connectivity index is 1.59. The first-order valence-electron chi connectivity index (χ1n) is 5.87. The van der Waals surface area contributed by atoms with Crippen LogP contribution in [0.4, 0.5) is 0 Å². The Morgan fingerprint density at radius 2 is 2.17 bits per heavy atom. The van der Waals surface area contributed by atoms with E-state index in [0.29, 0.717) is 13.0 Å². The minimum Gasteiger partial charge on any atom is -0.480 e. The van der Waals surface area contributed by atoms with Gasteiger partial charge in [0, 0.05) is 6.42 Å². The molecule has 0 bridgehead atoms. The van der Waals surface area contributed by atoms with E-state index in [4.69, 9.17) is 9.15 Å². The Morgan fingerprint density at radius 1 is 1.28 bits per heavy atom. The van der Waals surface area contributed by atoms with Crippen molar-refractivity contribution in [1.82, 2.24) is 5.32 Å². The van der Waals surface area contributed by atoms with Gasteiger partial charge >= 0.3 is 0 Å². The molecule has 0 spiro atoms. The molecular weight excluding hydrogens is 230 g/mol. The minimum absolute atomic E-state index is 0.109. The number of furan rings is 1. The van der Waals surface area contributed by atoms with Crippen molar-refractivity contribution in [2.24, 2.45) is 0 Å². The van der Waals surface area contributed by atoms with Crippen molar-refractivity contribution in [2.45, 2.75) is 19.1 Å². The second-order valence-electron chi connectivity index (χ2n) is 4.22. The zero-order valence-corrected chi connectivity index (χ0v) is 9.76. The third-order valence-corrected chi connectivity index (χ3v) is 2.96. The molecule has 0 aliphatic carbocycles. The van der Waals surface area contributed by atoms with E-state index >= 15 is 0 Å². The summed E-state index contributed by atoms with van der Waals surface area (Å²) in [6, 6.07) is 11.3. The molecule has 1 atom stereocenters. The molecule has 3 rings (SSSR count). The smallest absolute Gasteiger partial charge is 0.261 e. The maximum atomic E-state index is 11.9. The number of amides is 1. The Morgan fingerprint density at radius 3 is 2.94 bits per heavy atom. The van der Waals surface area contributed by atoms with Gasteiger partial charge < -0.3 is 14.5 Å². The molecule has 4 nitrogen and oxygen atoms in total. The lowest BCUT2D eigenvalue weighted by molar-refractivity contribution is -0.127. The maximum absolute atomic E-state index is 11.9. The summed E-state index contributed by atoms with van der Waals surface area (Å²) in [4.78, 5) is 11.9. The van der Waals surface area contributed by atoms with Crippen LogP contribution in [-0.2, 0) is 17.8 Å². The van der Waals surface area contributed by atoms with Crippen LogP contribution >= 0.6 is 0 Å². The van der Waals surface area contributed by atoms with Gasteiger partial charge in [0.05, 0.1) is 12.8 Å². The highest BCUT2D eigenvalue weighted by molar-refractivity contribution is 5.82. The van der Waals surface area contributed by atoms with Crippen LogP contribution in [0.25, 0.3) is 0 Å². The highest BCUT2D eigenvalue weighted by Crippen LogP contribution is 2.28. The molecule has 4 heteroatoms. The average molecular weight is 243 g/mol. The molecule has 18 heavy (non-hydrogen) atoms. The van der Waals surface area contributed by atoms with Crippen molar-refractivity contribution in [1.29, 1.82) is 0 Å². The lowest BCUT2D eigenvalue weighted by Gasteiger charge is -2.10. The number of benzene rings is 1. The van der Waals surface area contributed by atoms with Crippen molar-refractivity contribution in [2.75, 3.05) is 0 Å². The summed E-state index contributed by atoms with van der Waals surface area (Å²) in [5.41, 5.74) is 1.08. The number of hydrogen-bond acceptors (Lipinski definition) is 3. The number of ether oxygens (including phenoxy) is 1. The zero-order valence-electron chi connectivity index (χ0n) is 9.76.